The van der Waals surface area contributed by atoms with Gasteiger partial charge in [-0.2, -0.15) is 0 Å². The largest absolute Gasteiger partial charge is 0.307 e. The van der Waals surface area contributed by atoms with Gasteiger partial charge in [0, 0.05) is 24.5 Å². The van der Waals surface area contributed by atoms with Gasteiger partial charge in [-0.15, -0.1) is 0 Å². The van der Waals surface area contributed by atoms with E-state index in [0.717, 1.165) is 5.92 Å². The van der Waals surface area contributed by atoms with Crippen LogP contribution in [0.1, 0.15) is 57.6 Å². The van der Waals surface area contributed by atoms with Crippen LogP contribution in [-0.4, -0.2) is 11.0 Å². The molecule has 1 saturated carbocycles. The zero-order valence-electron chi connectivity index (χ0n) is 11.0. The number of hydrogen-bond donors (Lipinski definition) is 1. The van der Waals surface area contributed by atoms with Gasteiger partial charge in [0.25, 0.3) is 0 Å². The lowest BCUT2D eigenvalue weighted by molar-refractivity contribution is 0.268. The number of rotatable bonds is 4. The predicted molar refractivity (Wildman–Crippen MR) is 71.8 cm³/mol. The van der Waals surface area contributed by atoms with E-state index in [2.05, 4.69) is 30.2 Å². The second kappa shape index (κ2) is 6.15. The number of aromatic nitrogens is 1. The highest BCUT2D eigenvalue weighted by atomic mass is 14.9. The second-order valence-corrected chi connectivity index (χ2v) is 5.36. The van der Waals surface area contributed by atoms with Crippen LogP contribution in [0.25, 0.3) is 0 Å². The first-order valence-corrected chi connectivity index (χ1v) is 6.93. The Kier molecular flexibility index (Phi) is 4.55. The molecule has 0 amide bonds. The molecule has 0 spiro atoms. The van der Waals surface area contributed by atoms with Gasteiger partial charge >= 0.3 is 0 Å². The Labute approximate surface area is 105 Å². The van der Waals surface area contributed by atoms with Crippen molar-refractivity contribution in [3.8, 4) is 0 Å². The van der Waals surface area contributed by atoms with E-state index >= 15 is 0 Å². The lowest BCUT2D eigenvalue weighted by Gasteiger charge is -2.30. The zero-order chi connectivity index (χ0) is 12.1. The first-order valence-electron chi connectivity index (χ1n) is 6.93. The third-order valence-electron chi connectivity index (χ3n) is 4.05. The molecule has 1 aliphatic carbocycles. The Morgan fingerprint density at radius 3 is 2.65 bits per heavy atom. The lowest BCUT2D eigenvalue weighted by atomic mass is 9.84. The van der Waals surface area contributed by atoms with Crippen LogP contribution in [0, 0.1) is 5.92 Å². The third kappa shape index (κ3) is 3.53. The molecule has 0 aromatic carbocycles. The van der Waals surface area contributed by atoms with Crippen molar-refractivity contribution in [2.45, 2.75) is 58.0 Å². The van der Waals surface area contributed by atoms with Crippen molar-refractivity contribution in [3.63, 3.8) is 0 Å². The van der Waals surface area contributed by atoms with Gasteiger partial charge in [-0.1, -0.05) is 25.3 Å². The van der Waals surface area contributed by atoms with Crippen molar-refractivity contribution >= 4 is 0 Å². The zero-order valence-corrected chi connectivity index (χ0v) is 11.0. The van der Waals surface area contributed by atoms with Crippen LogP contribution in [0.15, 0.2) is 24.5 Å². The second-order valence-electron chi connectivity index (χ2n) is 5.36. The minimum absolute atomic E-state index is 0.403. The molecule has 17 heavy (non-hydrogen) atoms. The fourth-order valence-electron chi connectivity index (χ4n) is 2.89. The first-order chi connectivity index (χ1) is 8.27. The Hall–Kier alpha value is -0.890. The van der Waals surface area contributed by atoms with Crippen molar-refractivity contribution in [1.82, 2.24) is 10.3 Å². The molecule has 1 fully saturated rings. The number of nitrogens with zero attached hydrogens (tertiary/aromatic N) is 1. The molecular weight excluding hydrogens is 208 g/mol. The molecule has 2 heteroatoms. The molecule has 1 aliphatic rings. The normalized spacial score (nSPS) is 21.1. The fourth-order valence-corrected chi connectivity index (χ4v) is 2.89. The van der Waals surface area contributed by atoms with Crippen LogP contribution in [0.5, 0.6) is 0 Å². The number of nitrogens with one attached hydrogen (secondary N) is 1. The quantitative estimate of drug-likeness (QED) is 0.856. The monoisotopic (exact) mass is 232 g/mol. The summed E-state index contributed by atoms with van der Waals surface area (Å²) < 4.78 is 0. The van der Waals surface area contributed by atoms with E-state index in [1.54, 1.807) is 0 Å². The fraction of sp³-hybridized carbons (Fsp3) is 0.667. The minimum Gasteiger partial charge on any atom is -0.307 e. The Balaban J connectivity index is 1.87. The third-order valence-corrected chi connectivity index (χ3v) is 4.05. The highest BCUT2D eigenvalue weighted by Gasteiger charge is 2.21. The number of hydrogen-bond acceptors (Lipinski definition) is 2. The average molecular weight is 232 g/mol. The first kappa shape index (κ1) is 12.6. The van der Waals surface area contributed by atoms with E-state index in [1.807, 2.05) is 18.5 Å². The molecule has 94 valence electrons. The summed E-state index contributed by atoms with van der Waals surface area (Å²) in [7, 11) is 0. The molecule has 1 unspecified atom stereocenters. The topological polar surface area (TPSA) is 24.9 Å². The summed E-state index contributed by atoms with van der Waals surface area (Å²) in [5, 5.41) is 3.73. The molecule has 1 aromatic rings. The van der Waals surface area contributed by atoms with Gasteiger partial charge in [-0.05, 0) is 44.2 Å². The maximum atomic E-state index is 4.19. The van der Waals surface area contributed by atoms with E-state index in [4.69, 9.17) is 0 Å². The van der Waals surface area contributed by atoms with Crippen LogP contribution in [0.2, 0.25) is 0 Å². The lowest BCUT2D eigenvalue weighted by Crippen LogP contribution is -2.36. The summed E-state index contributed by atoms with van der Waals surface area (Å²) >= 11 is 0. The molecule has 2 atom stereocenters. The van der Waals surface area contributed by atoms with Gasteiger partial charge in [0.1, 0.15) is 0 Å². The Morgan fingerprint density at radius 2 is 2.00 bits per heavy atom. The standard InChI is InChI=1S/C15H24N2/c1-12(14-7-4-3-5-8-14)17-13(2)15-9-6-10-16-11-15/h6,9-14,17H,3-5,7-8H2,1-2H3/t12?,13-/m0/s1. The van der Waals surface area contributed by atoms with Crippen LogP contribution >= 0.6 is 0 Å². The summed E-state index contributed by atoms with van der Waals surface area (Å²) in [4.78, 5) is 4.19. The molecular formula is C15H24N2. The van der Waals surface area contributed by atoms with E-state index in [0.29, 0.717) is 12.1 Å². The molecule has 1 N–H and O–H groups in total. The number of pyridine rings is 1. The van der Waals surface area contributed by atoms with Gasteiger partial charge in [-0.25, -0.2) is 0 Å². The Bertz CT molecular complexity index is 317. The maximum absolute atomic E-state index is 4.19. The van der Waals surface area contributed by atoms with Crippen molar-refractivity contribution in [2.75, 3.05) is 0 Å². The summed E-state index contributed by atoms with van der Waals surface area (Å²) in [6.07, 6.45) is 10.9. The summed E-state index contributed by atoms with van der Waals surface area (Å²) in [5.74, 6) is 0.864. The van der Waals surface area contributed by atoms with Crippen molar-refractivity contribution in [1.29, 1.82) is 0 Å². The molecule has 2 nitrogen and oxygen atoms in total. The summed E-state index contributed by atoms with van der Waals surface area (Å²) in [6.45, 7) is 4.57. The minimum atomic E-state index is 0.403. The van der Waals surface area contributed by atoms with E-state index in [9.17, 15) is 0 Å². The SMILES string of the molecule is CC(N[C@@H](C)c1cccnc1)C1CCCCC1. The summed E-state index contributed by atoms with van der Waals surface area (Å²) in [6, 6.07) is 5.18. The van der Waals surface area contributed by atoms with Crippen LogP contribution in [0.4, 0.5) is 0 Å². The molecule has 0 saturated heterocycles. The van der Waals surface area contributed by atoms with Gasteiger partial charge < -0.3 is 5.32 Å². The van der Waals surface area contributed by atoms with Gasteiger partial charge in [-0.3, -0.25) is 4.98 Å². The van der Waals surface area contributed by atoms with Crippen molar-refractivity contribution in [3.05, 3.63) is 30.1 Å². The van der Waals surface area contributed by atoms with Crippen LogP contribution in [0.3, 0.4) is 0 Å². The van der Waals surface area contributed by atoms with E-state index in [-0.39, 0.29) is 0 Å². The van der Waals surface area contributed by atoms with Crippen molar-refractivity contribution in [2.24, 2.45) is 5.92 Å². The summed E-state index contributed by atoms with van der Waals surface area (Å²) in [5.41, 5.74) is 1.29. The van der Waals surface area contributed by atoms with Gasteiger partial charge in [0.05, 0.1) is 0 Å². The van der Waals surface area contributed by atoms with Crippen LogP contribution < -0.4 is 5.32 Å². The van der Waals surface area contributed by atoms with Crippen LogP contribution in [-0.2, 0) is 0 Å². The average Bonchev–Trinajstić information content (AvgIpc) is 2.40. The predicted octanol–water partition coefficient (Wildman–Crippen LogP) is 3.70. The molecule has 2 rings (SSSR count). The highest BCUT2D eigenvalue weighted by Crippen LogP contribution is 2.27. The molecule has 0 radical (unpaired) electrons. The van der Waals surface area contributed by atoms with Gasteiger partial charge in [0.2, 0.25) is 0 Å². The van der Waals surface area contributed by atoms with E-state index < -0.39 is 0 Å². The molecule has 1 aromatic heterocycles. The smallest absolute Gasteiger partial charge is 0.0315 e. The van der Waals surface area contributed by atoms with Crippen molar-refractivity contribution < 1.29 is 0 Å². The van der Waals surface area contributed by atoms with E-state index in [1.165, 1.54) is 37.7 Å². The maximum Gasteiger partial charge on any atom is 0.0315 e. The molecule has 0 bridgehead atoms. The van der Waals surface area contributed by atoms with Gasteiger partial charge in [0.15, 0.2) is 0 Å². The molecule has 0 aliphatic heterocycles. The molecule has 1 heterocycles. The Morgan fingerprint density at radius 1 is 1.24 bits per heavy atom. The highest BCUT2D eigenvalue weighted by molar-refractivity contribution is 5.13.